The number of benzene rings is 2. The van der Waals surface area contributed by atoms with E-state index in [1.54, 1.807) is 6.07 Å². The minimum atomic E-state index is -0.282. The molecule has 0 aromatic heterocycles. The molecule has 18 heavy (non-hydrogen) atoms. The molecule has 0 amide bonds. The van der Waals surface area contributed by atoms with Gasteiger partial charge in [0.2, 0.25) is 0 Å². The molecular formula is C14H12Br2FN. The molecule has 94 valence electrons. The van der Waals surface area contributed by atoms with Crippen LogP contribution in [0.1, 0.15) is 17.2 Å². The molecule has 0 radical (unpaired) electrons. The van der Waals surface area contributed by atoms with E-state index < -0.39 is 0 Å². The zero-order chi connectivity index (χ0) is 13.1. The smallest absolute Gasteiger partial charge is 0.137 e. The Bertz CT molecular complexity index is 557. The zero-order valence-corrected chi connectivity index (χ0v) is 12.7. The summed E-state index contributed by atoms with van der Waals surface area (Å²) in [6, 6.07) is 12.7. The van der Waals surface area contributed by atoms with Gasteiger partial charge in [-0.1, -0.05) is 40.2 Å². The van der Waals surface area contributed by atoms with Crippen LogP contribution in [0, 0.1) is 5.82 Å². The van der Waals surface area contributed by atoms with Gasteiger partial charge in [-0.25, -0.2) is 4.39 Å². The quantitative estimate of drug-likeness (QED) is 0.837. The summed E-state index contributed by atoms with van der Waals surface area (Å²) in [5, 5.41) is 0. The molecule has 2 aromatic rings. The number of halogens is 3. The number of rotatable bonds is 3. The van der Waals surface area contributed by atoms with E-state index in [1.165, 1.54) is 6.07 Å². The average Bonchev–Trinajstić information content (AvgIpc) is 2.35. The van der Waals surface area contributed by atoms with E-state index >= 15 is 0 Å². The maximum Gasteiger partial charge on any atom is 0.137 e. The van der Waals surface area contributed by atoms with Gasteiger partial charge in [0, 0.05) is 10.5 Å². The molecule has 0 saturated carbocycles. The van der Waals surface area contributed by atoms with Crippen LogP contribution >= 0.6 is 31.9 Å². The Morgan fingerprint density at radius 3 is 2.44 bits per heavy atom. The highest BCUT2D eigenvalue weighted by Gasteiger charge is 2.11. The van der Waals surface area contributed by atoms with Crippen LogP contribution in [-0.2, 0) is 6.42 Å². The number of hydrogen-bond acceptors (Lipinski definition) is 1. The van der Waals surface area contributed by atoms with Crippen molar-refractivity contribution < 1.29 is 4.39 Å². The Balaban J connectivity index is 2.19. The first-order valence-corrected chi connectivity index (χ1v) is 7.10. The monoisotopic (exact) mass is 371 g/mol. The van der Waals surface area contributed by atoms with Gasteiger partial charge in [0.05, 0.1) is 4.47 Å². The molecule has 0 saturated heterocycles. The van der Waals surface area contributed by atoms with Crippen molar-refractivity contribution in [1.29, 1.82) is 0 Å². The molecule has 0 aliphatic carbocycles. The van der Waals surface area contributed by atoms with Gasteiger partial charge >= 0.3 is 0 Å². The SMILES string of the molecule is NC(Cc1ccccc1Br)c1ccc(Br)c(F)c1. The van der Waals surface area contributed by atoms with Gasteiger partial charge in [0.15, 0.2) is 0 Å². The molecule has 0 spiro atoms. The molecule has 0 aliphatic heterocycles. The Hall–Kier alpha value is -0.710. The van der Waals surface area contributed by atoms with Crippen molar-refractivity contribution in [1.82, 2.24) is 0 Å². The minimum Gasteiger partial charge on any atom is -0.324 e. The van der Waals surface area contributed by atoms with Crippen molar-refractivity contribution in [2.45, 2.75) is 12.5 Å². The van der Waals surface area contributed by atoms with Gasteiger partial charge in [-0.05, 0) is 51.7 Å². The van der Waals surface area contributed by atoms with Crippen molar-refractivity contribution in [2.75, 3.05) is 0 Å². The first-order chi connectivity index (χ1) is 8.58. The third kappa shape index (κ3) is 3.19. The van der Waals surface area contributed by atoms with E-state index in [9.17, 15) is 4.39 Å². The van der Waals surface area contributed by atoms with Crippen LogP contribution in [-0.4, -0.2) is 0 Å². The summed E-state index contributed by atoms with van der Waals surface area (Å²) < 4.78 is 14.9. The van der Waals surface area contributed by atoms with Crippen LogP contribution in [0.15, 0.2) is 51.4 Å². The van der Waals surface area contributed by atoms with Gasteiger partial charge in [-0.2, -0.15) is 0 Å². The Labute approximate surface area is 122 Å². The molecule has 0 fully saturated rings. The maximum atomic E-state index is 13.4. The molecule has 2 aromatic carbocycles. The van der Waals surface area contributed by atoms with Crippen LogP contribution in [0.3, 0.4) is 0 Å². The summed E-state index contributed by atoms with van der Waals surface area (Å²) in [4.78, 5) is 0. The average molecular weight is 373 g/mol. The topological polar surface area (TPSA) is 26.0 Å². The third-order valence-electron chi connectivity index (χ3n) is 2.77. The van der Waals surface area contributed by atoms with E-state index in [-0.39, 0.29) is 11.9 Å². The lowest BCUT2D eigenvalue weighted by Gasteiger charge is -2.13. The number of hydrogen-bond donors (Lipinski definition) is 1. The molecule has 2 N–H and O–H groups in total. The molecule has 0 heterocycles. The van der Waals surface area contributed by atoms with Gasteiger partial charge in [-0.15, -0.1) is 0 Å². The molecule has 1 unspecified atom stereocenters. The molecule has 2 rings (SSSR count). The molecule has 4 heteroatoms. The lowest BCUT2D eigenvalue weighted by Crippen LogP contribution is -2.13. The largest absolute Gasteiger partial charge is 0.324 e. The Kier molecular flexibility index (Phi) is 4.54. The normalized spacial score (nSPS) is 12.4. The summed E-state index contributed by atoms with van der Waals surface area (Å²) in [5.41, 5.74) is 8.03. The van der Waals surface area contributed by atoms with E-state index in [1.807, 2.05) is 30.3 Å². The highest BCUT2D eigenvalue weighted by molar-refractivity contribution is 9.10. The summed E-state index contributed by atoms with van der Waals surface area (Å²) >= 11 is 6.62. The van der Waals surface area contributed by atoms with Crippen LogP contribution in [0.25, 0.3) is 0 Å². The van der Waals surface area contributed by atoms with E-state index in [0.29, 0.717) is 10.9 Å². The fourth-order valence-corrected chi connectivity index (χ4v) is 2.46. The van der Waals surface area contributed by atoms with E-state index in [0.717, 1.165) is 15.6 Å². The van der Waals surface area contributed by atoms with Gasteiger partial charge in [0.25, 0.3) is 0 Å². The van der Waals surface area contributed by atoms with E-state index in [4.69, 9.17) is 5.73 Å². The first-order valence-electron chi connectivity index (χ1n) is 5.52. The summed E-state index contributed by atoms with van der Waals surface area (Å²) in [6.45, 7) is 0. The number of nitrogens with two attached hydrogens (primary N) is 1. The molecule has 1 nitrogen and oxygen atoms in total. The zero-order valence-electron chi connectivity index (χ0n) is 9.54. The molecule has 0 aliphatic rings. The van der Waals surface area contributed by atoms with Crippen molar-refractivity contribution in [2.24, 2.45) is 5.73 Å². The lowest BCUT2D eigenvalue weighted by molar-refractivity contribution is 0.612. The summed E-state index contributed by atoms with van der Waals surface area (Å²) in [7, 11) is 0. The highest BCUT2D eigenvalue weighted by atomic mass is 79.9. The standard InChI is InChI=1S/C14H12Br2FN/c15-11-4-2-1-3-9(11)8-14(18)10-5-6-12(16)13(17)7-10/h1-7,14H,8,18H2. The van der Waals surface area contributed by atoms with E-state index in [2.05, 4.69) is 31.9 Å². The van der Waals surface area contributed by atoms with Crippen molar-refractivity contribution >= 4 is 31.9 Å². The second-order valence-electron chi connectivity index (χ2n) is 4.08. The van der Waals surface area contributed by atoms with Crippen molar-refractivity contribution in [3.05, 3.63) is 68.4 Å². The second kappa shape index (κ2) is 5.95. The third-order valence-corrected chi connectivity index (χ3v) is 4.19. The maximum absolute atomic E-state index is 13.4. The fourth-order valence-electron chi connectivity index (χ4n) is 1.76. The summed E-state index contributed by atoms with van der Waals surface area (Å²) in [5.74, 6) is -0.282. The van der Waals surface area contributed by atoms with Crippen molar-refractivity contribution in [3.8, 4) is 0 Å². The van der Waals surface area contributed by atoms with Crippen LogP contribution < -0.4 is 5.73 Å². The fraction of sp³-hybridized carbons (Fsp3) is 0.143. The van der Waals surface area contributed by atoms with Gasteiger partial charge < -0.3 is 5.73 Å². The minimum absolute atomic E-state index is 0.216. The Morgan fingerprint density at radius 1 is 1.06 bits per heavy atom. The first kappa shape index (κ1) is 13.7. The van der Waals surface area contributed by atoms with Gasteiger partial charge in [0.1, 0.15) is 5.82 Å². The van der Waals surface area contributed by atoms with Gasteiger partial charge in [-0.3, -0.25) is 0 Å². The van der Waals surface area contributed by atoms with Crippen LogP contribution in [0.2, 0.25) is 0 Å². The second-order valence-corrected chi connectivity index (χ2v) is 5.78. The highest BCUT2D eigenvalue weighted by Crippen LogP contribution is 2.24. The predicted molar refractivity (Wildman–Crippen MR) is 78.9 cm³/mol. The molecule has 0 bridgehead atoms. The van der Waals surface area contributed by atoms with Crippen molar-refractivity contribution in [3.63, 3.8) is 0 Å². The molecular weight excluding hydrogens is 361 g/mol. The Morgan fingerprint density at radius 2 is 1.78 bits per heavy atom. The summed E-state index contributed by atoms with van der Waals surface area (Å²) in [6.07, 6.45) is 0.669. The van der Waals surface area contributed by atoms with Crippen LogP contribution in [0.4, 0.5) is 4.39 Å². The molecule has 1 atom stereocenters. The lowest BCUT2D eigenvalue weighted by atomic mass is 10.00. The predicted octanol–water partition coefficient (Wildman–Crippen LogP) is 4.59. The van der Waals surface area contributed by atoms with Crippen LogP contribution in [0.5, 0.6) is 0 Å².